The maximum absolute atomic E-state index is 3.40. The van der Waals surface area contributed by atoms with Crippen LogP contribution in [0.3, 0.4) is 0 Å². The van der Waals surface area contributed by atoms with Gasteiger partial charge in [-0.2, -0.15) is 0 Å². The van der Waals surface area contributed by atoms with E-state index in [1.54, 1.807) is 0 Å². The molecule has 0 amide bonds. The molecule has 2 bridgehead atoms. The fraction of sp³-hybridized carbons (Fsp3) is 1.00. The van der Waals surface area contributed by atoms with E-state index in [-0.39, 0.29) is 0 Å². The lowest BCUT2D eigenvalue weighted by atomic mass is 10.1. The fourth-order valence-electron chi connectivity index (χ4n) is 3.70. The quantitative estimate of drug-likeness (QED) is 0.681. The third kappa shape index (κ3) is 4.73. The molecule has 0 spiro atoms. The van der Waals surface area contributed by atoms with E-state index >= 15 is 0 Å². The molecule has 2 aliphatic rings. The minimum absolute atomic E-state index is 0.848. The van der Waals surface area contributed by atoms with Crippen molar-refractivity contribution in [1.82, 2.24) is 15.1 Å². The van der Waals surface area contributed by atoms with Crippen molar-refractivity contribution in [2.75, 3.05) is 39.8 Å². The minimum Gasteiger partial charge on any atom is -0.317 e. The lowest BCUT2D eigenvalue weighted by Gasteiger charge is -2.25. The standard InChI is InChI=1S/C16H33N3/c1-3-17-11-6-4-5-7-12-19-13-10-15-8-9-16(14-19)18(15)2/h15-17H,3-14H2,1-2H3. The van der Waals surface area contributed by atoms with Crippen molar-refractivity contribution in [1.29, 1.82) is 0 Å². The van der Waals surface area contributed by atoms with Gasteiger partial charge in [-0.05, 0) is 65.3 Å². The number of hydrogen-bond donors (Lipinski definition) is 1. The van der Waals surface area contributed by atoms with Gasteiger partial charge in [0.1, 0.15) is 0 Å². The first-order valence-corrected chi connectivity index (χ1v) is 8.46. The van der Waals surface area contributed by atoms with E-state index in [4.69, 9.17) is 0 Å². The Morgan fingerprint density at radius 2 is 1.79 bits per heavy atom. The summed E-state index contributed by atoms with van der Waals surface area (Å²) in [6, 6.07) is 1.73. The first-order chi connectivity index (χ1) is 9.31. The summed E-state index contributed by atoms with van der Waals surface area (Å²) in [5, 5.41) is 3.40. The highest BCUT2D eigenvalue weighted by Crippen LogP contribution is 2.28. The number of nitrogens with one attached hydrogen (secondary N) is 1. The number of fused-ring (bicyclic) bond motifs is 2. The van der Waals surface area contributed by atoms with Crippen molar-refractivity contribution in [2.24, 2.45) is 0 Å². The lowest BCUT2D eigenvalue weighted by molar-refractivity contribution is 0.216. The number of unbranched alkanes of at least 4 members (excludes halogenated alkanes) is 3. The SMILES string of the molecule is CCNCCCCCCN1CCC2CCC(C1)N2C. The van der Waals surface area contributed by atoms with Crippen molar-refractivity contribution in [2.45, 2.75) is 64.0 Å². The lowest BCUT2D eigenvalue weighted by Crippen LogP contribution is -2.37. The van der Waals surface area contributed by atoms with E-state index < -0.39 is 0 Å². The molecule has 0 aromatic carbocycles. The Balaban J connectivity index is 1.54. The van der Waals surface area contributed by atoms with Crippen LogP contribution < -0.4 is 5.32 Å². The Bertz CT molecular complexity index is 244. The monoisotopic (exact) mass is 267 g/mol. The smallest absolute Gasteiger partial charge is 0.0223 e. The minimum atomic E-state index is 0.848. The molecule has 0 aromatic heterocycles. The van der Waals surface area contributed by atoms with Crippen LogP contribution in [0.1, 0.15) is 51.9 Å². The van der Waals surface area contributed by atoms with Crippen LogP contribution in [-0.2, 0) is 0 Å². The largest absolute Gasteiger partial charge is 0.317 e. The molecule has 0 aromatic rings. The zero-order valence-corrected chi connectivity index (χ0v) is 13.0. The van der Waals surface area contributed by atoms with Gasteiger partial charge in [-0.15, -0.1) is 0 Å². The molecule has 0 radical (unpaired) electrons. The van der Waals surface area contributed by atoms with Crippen LogP contribution in [0.5, 0.6) is 0 Å². The van der Waals surface area contributed by atoms with E-state index in [2.05, 4.69) is 29.1 Å². The molecule has 1 N–H and O–H groups in total. The second kappa shape index (κ2) is 8.23. The Kier molecular flexibility index (Phi) is 6.62. The highest BCUT2D eigenvalue weighted by atomic mass is 15.3. The Morgan fingerprint density at radius 3 is 2.63 bits per heavy atom. The highest BCUT2D eigenvalue weighted by molar-refractivity contribution is 4.90. The van der Waals surface area contributed by atoms with Crippen molar-refractivity contribution < 1.29 is 0 Å². The molecule has 3 nitrogen and oxygen atoms in total. The van der Waals surface area contributed by atoms with Crippen LogP contribution >= 0.6 is 0 Å². The maximum atomic E-state index is 3.40. The number of rotatable bonds is 8. The third-order valence-electron chi connectivity index (χ3n) is 5.06. The zero-order chi connectivity index (χ0) is 13.5. The van der Waals surface area contributed by atoms with Gasteiger partial charge in [0.05, 0.1) is 0 Å². The predicted molar refractivity (Wildman–Crippen MR) is 82.6 cm³/mol. The summed E-state index contributed by atoms with van der Waals surface area (Å²) >= 11 is 0. The Labute approximate surface area is 119 Å². The van der Waals surface area contributed by atoms with Gasteiger partial charge in [0.2, 0.25) is 0 Å². The van der Waals surface area contributed by atoms with Crippen molar-refractivity contribution in [3.63, 3.8) is 0 Å². The summed E-state index contributed by atoms with van der Waals surface area (Å²) in [5.74, 6) is 0. The van der Waals surface area contributed by atoms with Gasteiger partial charge in [0, 0.05) is 18.6 Å². The van der Waals surface area contributed by atoms with Gasteiger partial charge < -0.3 is 10.2 Å². The van der Waals surface area contributed by atoms with Gasteiger partial charge in [0.15, 0.2) is 0 Å². The van der Waals surface area contributed by atoms with Gasteiger partial charge in [-0.3, -0.25) is 4.90 Å². The van der Waals surface area contributed by atoms with Crippen LogP contribution in [0.4, 0.5) is 0 Å². The summed E-state index contributed by atoms with van der Waals surface area (Å²) in [5.41, 5.74) is 0. The summed E-state index contributed by atoms with van der Waals surface area (Å²) in [6.45, 7) is 8.49. The summed E-state index contributed by atoms with van der Waals surface area (Å²) in [7, 11) is 2.34. The van der Waals surface area contributed by atoms with Crippen LogP contribution in [0.2, 0.25) is 0 Å². The molecular formula is C16H33N3. The van der Waals surface area contributed by atoms with Crippen molar-refractivity contribution >= 4 is 0 Å². The number of likely N-dealkylation sites (tertiary alicyclic amines) is 1. The molecule has 2 heterocycles. The van der Waals surface area contributed by atoms with Gasteiger partial charge in [-0.1, -0.05) is 19.8 Å². The molecule has 2 fully saturated rings. The molecule has 19 heavy (non-hydrogen) atoms. The molecule has 2 aliphatic heterocycles. The molecule has 2 atom stereocenters. The van der Waals surface area contributed by atoms with Gasteiger partial charge >= 0.3 is 0 Å². The molecule has 2 unspecified atom stereocenters. The normalized spacial score (nSPS) is 28.7. The Morgan fingerprint density at radius 1 is 1.00 bits per heavy atom. The van der Waals surface area contributed by atoms with E-state index in [0.29, 0.717) is 0 Å². The van der Waals surface area contributed by atoms with Crippen LogP contribution in [0.15, 0.2) is 0 Å². The average molecular weight is 267 g/mol. The molecule has 3 heteroatoms. The summed E-state index contributed by atoms with van der Waals surface area (Å²) < 4.78 is 0. The highest BCUT2D eigenvalue weighted by Gasteiger charge is 2.34. The first-order valence-electron chi connectivity index (χ1n) is 8.46. The van der Waals surface area contributed by atoms with Crippen molar-refractivity contribution in [3.05, 3.63) is 0 Å². The van der Waals surface area contributed by atoms with E-state index in [0.717, 1.165) is 18.6 Å². The number of likely N-dealkylation sites (N-methyl/N-ethyl adjacent to an activating group) is 1. The molecular weight excluding hydrogens is 234 g/mol. The van der Waals surface area contributed by atoms with Crippen LogP contribution in [0, 0.1) is 0 Å². The summed E-state index contributed by atoms with van der Waals surface area (Å²) in [4.78, 5) is 5.38. The topological polar surface area (TPSA) is 18.5 Å². The Hall–Kier alpha value is -0.120. The molecule has 0 aliphatic carbocycles. The fourth-order valence-corrected chi connectivity index (χ4v) is 3.70. The average Bonchev–Trinajstić information content (AvgIpc) is 2.65. The summed E-state index contributed by atoms with van der Waals surface area (Å²) in [6.07, 6.45) is 9.82. The predicted octanol–water partition coefficient (Wildman–Crippen LogP) is 2.32. The molecule has 0 saturated carbocycles. The van der Waals surface area contributed by atoms with Gasteiger partial charge in [-0.25, -0.2) is 0 Å². The molecule has 2 saturated heterocycles. The first kappa shape index (κ1) is 15.3. The molecule has 112 valence electrons. The maximum Gasteiger partial charge on any atom is 0.0223 e. The van der Waals surface area contributed by atoms with Crippen LogP contribution in [0.25, 0.3) is 0 Å². The zero-order valence-electron chi connectivity index (χ0n) is 13.0. The van der Waals surface area contributed by atoms with Crippen molar-refractivity contribution in [3.8, 4) is 0 Å². The second-order valence-corrected chi connectivity index (χ2v) is 6.41. The number of hydrogen-bond acceptors (Lipinski definition) is 3. The molecule has 2 rings (SSSR count). The van der Waals surface area contributed by atoms with Gasteiger partial charge in [0.25, 0.3) is 0 Å². The number of nitrogens with zero attached hydrogens (tertiary/aromatic N) is 2. The van der Waals surface area contributed by atoms with Crippen LogP contribution in [-0.4, -0.2) is 61.7 Å². The van der Waals surface area contributed by atoms with E-state index in [1.807, 2.05) is 0 Å². The second-order valence-electron chi connectivity index (χ2n) is 6.41. The van der Waals surface area contributed by atoms with E-state index in [9.17, 15) is 0 Å². The third-order valence-corrected chi connectivity index (χ3v) is 5.06. The van der Waals surface area contributed by atoms with E-state index in [1.165, 1.54) is 71.1 Å².